The second-order valence-corrected chi connectivity index (χ2v) is 14.8. The van der Waals surface area contributed by atoms with Gasteiger partial charge in [-0.3, -0.25) is 0 Å². The zero-order valence-electron chi connectivity index (χ0n) is 28.9. The van der Waals surface area contributed by atoms with Gasteiger partial charge in [-0.1, -0.05) is 31.0 Å². The average Bonchev–Trinajstić information content (AvgIpc) is 3.67. The Kier molecular flexibility index (Phi) is 12.0. The van der Waals surface area contributed by atoms with E-state index in [0.29, 0.717) is 61.3 Å². The first kappa shape index (κ1) is 37.9. The molecule has 3 fully saturated rings. The molecular weight excluding hydrogens is 690 g/mol. The standard InChI is InChI=1S/C28H29ClF2N4O2S.C9H15F2N/c1-4-5-7-22(36-3)34-28(35-10-6-12-37-13-11-35)18-14-20(29)24(25(31)16(18)2)17-8-9-21(30)26-23(17)19(15-32)27(33)38-26;1-8(3-2-4-8)12-6-7-5-9(7,10)11/h7-9,14H,4-6,10-13,33H2,1-3H3;7,12H,2-6H2,1H3/b22-7-,34-28+;. The number of methoxy groups -OCH3 is 1. The van der Waals surface area contributed by atoms with Gasteiger partial charge in [0.05, 0.1) is 29.0 Å². The van der Waals surface area contributed by atoms with E-state index in [0.717, 1.165) is 43.4 Å². The maximum atomic E-state index is 16.3. The van der Waals surface area contributed by atoms with Crippen LogP contribution < -0.4 is 11.1 Å². The molecule has 50 heavy (non-hydrogen) atoms. The fourth-order valence-corrected chi connectivity index (χ4v) is 7.50. The number of halogens is 5. The van der Waals surface area contributed by atoms with Crippen molar-refractivity contribution in [3.05, 3.63) is 63.5 Å². The molecular formula is C37H44ClF4N5O2S. The first-order chi connectivity index (χ1) is 23.8. The molecule has 2 saturated carbocycles. The van der Waals surface area contributed by atoms with E-state index in [4.69, 9.17) is 31.8 Å². The number of hydrogen-bond donors (Lipinski definition) is 2. The van der Waals surface area contributed by atoms with Crippen LogP contribution in [0.4, 0.5) is 22.6 Å². The number of nitrogens with zero attached hydrogens (tertiary/aromatic N) is 3. The van der Waals surface area contributed by atoms with Crippen LogP contribution in [-0.2, 0) is 9.47 Å². The van der Waals surface area contributed by atoms with Crippen molar-refractivity contribution in [2.45, 2.75) is 77.2 Å². The molecule has 13 heteroatoms. The highest BCUT2D eigenvalue weighted by Crippen LogP contribution is 2.49. The summed E-state index contributed by atoms with van der Waals surface area (Å²) in [6, 6.07) is 6.37. The van der Waals surface area contributed by atoms with Gasteiger partial charge in [-0.2, -0.15) is 10.3 Å². The van der Waals surface area contributed by atoms with Crippen LogP contribution in [-0.4, -0.2) is 62.2 Å². The molecule has 1 aromatic heterocycles. The zero-order chi connectivity index (χ0) is 36.2. The van der Waals surface area contributed by atoms with Crippen molar-refractivity contribution in [1.29, 1.82) is 5.26 Å². The Morgan fingerprint density at radius 2 is 2.00 bits per heavy atom. The lowest BCUT2D eigenvalue weighted by atomic mass is 9.78. The Morgan fingerprint density at radius 1 is 1.26 bits per heavy atom. The normalized spacial score (nSPS) is 20.0. The van der Waals surface area contributed by atoms with Gasteiger partial charge in [0, 0.05) is 60.6 Å². The molecule has 0 amide bonds. The van der Waals surface area contributed by atoms with Crippen molar-refractivity contribution in [3.8, 4) is 17.2 Å². The van der Waals surface area contributed by atoms with E-state index in [-0.39, 0.29) is 49.1 Å². The first-order valence-electron chi connectivity index (χ1n) is 17.0. The highest BCUT2D eigenvalue weighted by atomic mass is 35.5. The molecule has 3 N–H and O–H groups in total. The largest absolute Gasteiger partial charge is 0.481 e. The Balaban J connectivity index is 0.000000338. The molecule has 3 aromatic rings. The molecule has 0 bridgehead atoms. The predicted octanol–water partition coefficient (Wildman–Crippen LogP) is 9.19. The Morgan fingerprint density at radius 3 is 2.62 bits per heavy atom. The van der Waals surface area contributed by atoms with Crippen LogP contribution in [0, 0.1) is 35.8 Å². The molecule has 2 heterocycles. The van der Waals surface area contributed by atoms with Gasteiger partial charge in [-0.15, -0.1) is 11.3 Å². The van der Waals surface area contributed by atoms with Gasteiger partial charge in [-0.25, -0.2) is 17.6 Å². The number of benzene rings is 2. The SMILES string of the molecule is CC1(NCC2CC2(F)F)CCC1.CCC/C=C(/N=C(\c1cc(Cl)c(-c2ccc(F)c3sc(N)c(C#N)c23)c(F)c1C)N1CCCOCC1)OC. The molecule has 1 atom stereocenters. The number of ether oxygens (including phenoxy) is 2. The van der Waals surface area contributed by atoms with Crippen LogP contribution in [0.1, 0.15) is 75.5 Å². The fraction of sp³-hybridized carbons (Fsp3) is 0.514. The van der Waals surface area contributed by atoms with Gasteiger partial charge in [0.15, 0.2) is 0 Å². The number of nitrogen functional groups attached to an aromatic ring is 1. The minimum atomic E-state index is -2.35. The van der Waals surface area contributed by atoms with E-state index in [9.17, 15) is 18.4 Å². The first-order valence-corrected chi connectivity index (χ1v) is 18.2. The number of anilines is 1. The van der Waals surface area contributed by atoms with E-state index in [1.165, 1.54) is 18.6 Å². The van der Waals surface area contributed by atoms with Crippen LogP contribution in [0.2, 0.25) is 5.02 Å². The second kappa shape index (κ2) is 15.9. The van der Waals surface area contributed by atoms with Gasteiger partial charge in [0.2, 0.25) is 5.88 Å². The number of nitrogens with one attached hydrogen (secondary N) is 1. The summed E-state index contributed by atoms with van der Waals surface area (Å²) in [6.45, 7) is 8.72. The molecule has 0 radical (unpaired) electrons. The number of alkyl halides is 2. The number of unbranched alkanes of at least 4 members (excludes halogenated alkanes) is 1. The van der Waals surface area contributed by atoms with Crippen LogP contribution in [0.5, 0.6) is 0 Å². The number of fused-ring (bicyclic) bond motifs is 1. The van der Waals surface area contributed by atoms with Crippen molar-refractivity contribution in [2.75, 3.05) is 45.7 Å². The van der Waals surface area contributed by atoms with Gasteiger partial charge in [0.1, 0.15) is 28.5 Å². The Labute approximate surface area is 300 Å². The summed E-state index contributed by atoms with van der Waals surface area (Å²) in [5.41, 5.74) is 7.50. The third-order valence-corrected chi connectivity index (χ3v) is 11.0. The lowest BCUT2D eigenvalue weighted by Crippen LogP contribution is -2.49. The number of aliphatic imine (C=N–C) groups is 1. The molecule has 7 nitrogen and oxygen atoms in total. The van der Waals surface area contributed by atoms with Gasteiger partial charge in [0.25, 0.3) is 5.92 Å². The molecule has 6 rings (SSSR count). The zero-order valence-corrected chi connectivity index (χ0v) is 30.5. The molecule has 0 spiro atoms. The number of hydrogen-bond acceptors (Lipinski definition) is 7. The molecule has 1 saturated heterocycles. The highest BCUT2D eigenvalue weighted by molar-refractivity contribution is 7.23. The molecule has 1 unspecified atom stereocenters. The van der Waals surface area contributed by atoms with Gasteiger partial charge in [-0.05, 0) is 75.3 Å². The van der Waals surface area contributed by atoms with Crippen LogP contribution >= 0.6 is 22.9 Å². The van der Waals surface area contributed by atoms with Gasteiger partial charge < -0.3 is 25.4 Å². The maximum Gasteiger partial charge on any atom is 0.252 e. The molecule has 2 aromatic carbocycles. The molecule has 2 aliphatic carbocycles. The summed E-state index contributed by atoms with van der Waals surface area (Å²) in [7, 11) is 1.55. The summed E-state index contributed by atoms with van der Waals surface area (Å²) in [4.78, 5) is 6.85. The number of allylic oxidation sites excluding steroid dienone is 1. The summed E-state index contributed by atoms with van der Waals surface area (Å²) in [6.07, 6.45) is 8.01. The third-order valence-electron chi connectivity index (χ3n) is 9.65. The number of amidine groups is 1. The molecule has 3 aliphatic rings. The van der Waals surface area contributed by atoms with E-state index >= 15 is 4.39 Å². The fourth-order valence-electron chi connectivity index (χ4n) is 6.26. The van der Waals surface area contributed by atoms with Crippen molar-refractivity contribution < 1.29 is 27.0 Å². The van der Waals surface area contributed by atoms with Crippen LogP contribution in [0.3, 0.4) is 0 Å². The lowest BCUT2D eigenvalue weighted by molar-refractivity contribution is 0.0934. The number of rotatable bonds is 9. The van der Waals surface area contributed by atoms with Crippen molar-refractivity contribution in [2.24, 2.45) is 10.9 Å². The number of thiophene rings is 1. The van der Waals surface area contributed by atoms with Crippen LogP contribution in [0.15, 0.2) is 35.2 Å². The molecule has 1 aliphatic heterocycles. The Bertz CT molecular complexity index is 1810. The number of nitrogens with two attached hydrogens (primary N) is 1. The summed E-state index contributed by atoms with van der Waals surface area (Å²) >= 11 is 7.72. The highest BCUT2D eigenvalue weighted by Gasteiger charge is 2.56. The summed E-state index contributed by atoms with van der Waals surface area (Å²) in [5.74, 6) is -2.88. The summed E-state index contributed by atoms with van der Waals surface area (Å²) in [5, 5.41) is 13.5. The minimum Gasteiger partial charge on any atom is -0.481 e. The minimum absolute atomic E-state index is 0.0826. The second-order valence-electron chi connectivity index (χ2n) is 13.4. The van der Waals surface area contributed by atoms with Crippen molar-refractivity contribution in [1.82, 2.24) is 10.2 Å². The van der Waals surface area contributed by atoms with Gasteiger partial charge >= 0.3 is 0 Å². The van der Waals surface area contributed by atoms with E-state index in [2.05, 4.69) is 19.2 Å². The lowest BCUT2D eigenvalue weighted by Gasteiger charge is -2.39. The van der Waals surface area contributed by atoms with Crippen molar-refractivity contribution in [3.63, 3.8) is 0 Å². The van der Waals surface area contributed by atoms with E-state index in [1.54, 1.807) is 20.1 Å². The number of nitriles is 1. The average molecular weight is 734 g/mol. The third kappa shape index (κ3) is 8.23. The quantitative estimate of drug-likeness (QED) is 0.0986. The topological polar surface area (TPSA) is 95.9 Å². The smallest absolute Gasteiger partial charge is 0.252 e. The Hall–Kier alpha value is -3.37. The molecule has 270 valence electrons. The predicted molar refractivity (Wildman–Crippen MR) is 193 cm³/mol. The maximum absolute atomic E-state index is 16.3. The summed E-state index contributed by atoms with van der Waals surface area (Å²) < 4.78 is 67.1. The monoisotopic (exact) mass is 733 g/mol. The van der Waals surface area contributed by atoms with Crippen LogP contribution in [0.25, 0.3) is 21.2 Å². The van der Waals surface area contributed by atoms with E-state index < -0.39 is 17.6 Å². The van der Waals surface area contributed by atoms with E-state index in [1.807, 2.05) is 17.0 Å². The van der Waals surface area contributed by atoms with Crippen molar-refractivity contribution >= 4 is 43.9 Å².